The summed E-state index contributed by atoms with van der Waals surface area (Å²) in [5, 5.41) is 14.4. The zero-order chi connectivity index (χ0) is 14.4. The SMILES string of the molecule is CNC(=O)[C@H](CC(C)C)NC(=O)Nc1n[nH]c(=S)s1. The highest BCUT2D eigenvalue weighted by molar-refractivity contribution is 7.73. The van der Waals surface area contributed by atoms with Gasteiger partial charge < -0.3 is 10.6 Å². The third kappa shape index (κ3) is 5.35. The van der Waals surface area contributed by atoms with Crippen molar-refractivity contribution in [1.82, 2.24) is 20.8 Å². The maximum absolute atomic E-state index is 11.8. The van der Waals surface area contributed by atoms with Gasteiger partial charge in [0.1, 0.15) is 6.04 Å². The number of carbonyl (C=O) groups is 2. The number of likely N-dealkylation sites (N-methyl/N-ethyl adjacent to an activating group) is 1. The first-order chi connectivity index (χ1) is 8.92. The first-order valence-corrected chi connectivity index (χ1v) is 6.99. The lowest BCUT2D eigenvalue weighted by molar-refractivity contribution is -0.122. The number of aromatic amines is 1. The number of aromatic nitrogens is 2. The Morgan fingerprint density at radius 2 is 2.16 bits per heavy atom. The molecule has 0 bridgehead atoms. The zero-order valence-electron chi connectivity index (χ0n) is 10.9. The number of carbonyl (C=O) groups excluding carboxylic acids is 2. The second-order valence-electron chi connectivity index (χ2n) is 4.31. The quantitative estimate of drug-likeness (QED) is 0.619. The van der Waals surface area contributed by atoms with Crippen LogP contribution in [0.15, 0.2) is 0 Å². The summed E-state index contributed by atoms with van der Waals surface area (Å²) < 4.78 is 0.473. The molecule has 1 aromatic rings. The van der Waals surface area contributed by atoms with E-state index in [1.165, 1.54) is 7.05 Å². The van der Waals surface area contributed by atoms with Crippen LogP contribution >= 0.6 is 23.6 Å². The van der Waals surface area contributed by atoms with Crippen molar-refractivity contribution in [1.29, 1.82) is 0 Å². The maximum Gasteiger partial charge on any atom is 0.321 e. The highest BCUT2D eigenvalue weighted by Gasteiger charge is 2.21. The molecule has 7 nitrogen and oxygen atoms in total. The van der Waals surface area contributed by atoms with E-state index in [0.29, 0.717) is 15.5 Å². The molecule has 3 amide bonds. The number of anilines is 1. The normalized spacial score (nSPS) is 12.0. The van der Waals surface area contributed by atoms with Gasteiger partial charge in [0.2, 0.25) is 11.0 Å². The van der Waals surface area contributed by atoms with Gasteiger partial charge in [-0.2, -0.15) is 0 Å². The Bertz CT molecular complexity index is 496. The zero-order valence-corrected chi connectivity index (χ0v) is 12.6. The van der Waals surface area contributed by atoms with Crippen LogP contribution in [-0.2, 0) is 4.79 Å². The first-order valence-electron chi connectivity index (χ1n) is 5.77. The molecule has 0 unspecified atom stereocenters. The predicted octanol–water partition coefficient (Wildman–Crippen LogP) is 1.48. The highest BCUT2D eigenvalue weighted by Crippen LogP contribution is 2.11. The predicted molar refractivity (Wildman–Crippen MR) is 76.8 cm³/mol. The van der Waals surface area contributed by atoms with Crippen LogP contribution < -0.4 is 16.0 Å². The molecule has 1 aromatic heterocycles. The molecule has 106 valence electrons. The van der Waals surface area contributed by atoms with Crippen molar-refractivity contribution in [3.05, 3.63) is 3.95 Å². The molecule has 1 atom stereocenters. The summed E-state index contributed by atoms with van der Waals surface area (Å²) in [5.74, 6) is 0.0635. The molecule has 1 rings (SSSR count). The lowest BCUT2D eigenvalue weighted by Crippen LogP contribution is -2.47. The Hall–Kier alpha value is -1.48. The first kappa shape index (κ1) is 15.6. The Kier molecular flexibility index (Phi) is 5.90. The van der Waals surface area contributed by atoms with Crippen molar-refractivity contribution in [2.75, 3.05) is 12.4 Å². The van der Waals surface area contributed by atoms with Gasteiger partial charge in [0.25, 0.3) is 0 Å². The summed E-state index contributed by atoms with van der Waals surface area (Å²) in [6.07, 6.45) is 0.559. The van der Waals surface area contributed by atoms with Crippen LogP contribution in [0.3, 0.4) is 0 Å². The van der Waals surface area contributed by atoms with Gasteiger partial charge in [0.05, 0.1) is 0 Å². The highest BCUT2D eigenvalue weighted by atomic mass is 32.1. The maximum atomic E-state index is 11.8. The second-order valence-corrected chi connectivity index (χ2v) is 5.98. The third-order valence-corrected chi connectivity index (χ3v) is 3.24. The number of hydrogen-bond acceptors (Lipinski definition) is 5. The van der Waals surface area contributed by atoms with Crippen LogP contribution in [0.25, 0.3) is 0 Å². The summed E-state index contributed by atoms with van der Waals surface area (Å²) in [6.45, 7) is 3.96. The number of hydrogen-bond donors (Lipinski definition) is 4. The van der Waals surface area contributed by atoms with Crippen molar-refractivity contribution in [3.8, 4) is 0 Å². The van der Waals surface area contributed by atoms with Gasteiger partial charge in [-0.15, -0.1) is 5.10 Å². The van der Waals surface area contributed by atoms with Crippen LogP contribution in [-0.4, -0.2) is 35.2 Å². The minimum Gasteiger partial charge on any atom is -0.357 e. The number of nitrogens with one attached hydrogen (secondary N) is 4. The van der Waals surface area contributed by atoms with Gasteiger partial charge in [-0.3, -0.25) is 15.2 Å². The second kappa shape index (κ2) is 7.19. The summed E-state index contributed by atoms with van der Waals surface area (Å²) in [4.78, 5) is 23.4. The average molecular weight is 303 g/mol. The van der Waals surface area contributed by atoms with E-state index in [0.717, 1.165) is 11.3 Å². The molecule has 1 heterocycles. The third-order valence-electron chi connectivity index (χ3n) is 2.23. The van der Waals surface area contributed by atoms with E-state index in [1.807, 2.05) is 13.8 Å². The average Bonchev–Trinajstić information content (AvgIpc) is 2.72. The standard InChI is InChI=1S/C10H17N5O2S2/c1-5(2)4-6(7(16)11-3)12-8(17)13-9-14-15-10(18)19-9/h5-6H,4H2,1-3H3,(H,11,16)(H,15,18)(H2,12,13,14,17)/t6-/m0/s1. The van der Waals surface area contributed by atoms with Crippen molar-refractivity contribution < 1.29 is 9.59 Å². The Morgan fingerprint density at radius 3 is 2.63 bits per heavy atom. The van der Waals surface area contributed by atoms with Gasteiger partial charge in [-0.1, -0.05) is 25.2 Å². The van der Waals surface area contributed by atoms with E-state index >= 15 is 0 Å². The number of rotatable bonds is 5. The fourth-order valence-corrected chi connectivity index (χ4v) is 2.24. The van der Waals surface area contributed by atoms with E-state index in [4.69, 9.17) is 12.2 Å². The number of urea groups is 1. The molecule has 0 aliphatic carbocycles. The topological polar surface area (TPSA) is 98.9 Å². The van der Waals surface area contributed by atoms with Crippen molar-refractivity contribution in [2.45, 2.75) is 26.3 Å². The molecular formula is C10H17N5O2S2. The molecule has 0 fully saturated rings. The molecule has 0 aliphatic heterocycles. The van der Waals surface area contributed by atoms with Gasteiger partial charge in [0, 0.05) is 7.05 Å². The number of H-pyrrole nitrogens is 1. The number of amides is 3. The van der Waals surface area contributed by atoms with Crippen LogP contribution in [0, 0.1) is 9.87 Å². The fourth-order valence-electron chi connectivity index (χ4n) is 1.45. The van der Waals surface area contributed by atoms with E-state index in [2.05, 4.69) is 26.1 Å². The van der Waals surface area contributed by atoms with E-state index in [9.17, 15) is 9.59 Å². The molecule has 0 aromatic carbocycles. The molecule has 0 spiro atoms. The Morgan fingerprint density at radius 1 is 1.47 bits per heavy atom. The molecule has 0 radical (unpaired) electrons. The van der Waals surface area contributed by atoms with Crippen molar-refractivity contribution in [2.24, 2.45) is 5.92 Å². The lowest BCUT2D eigenvalue weighted by Gasteiger charge is -2.18. The van der Waals surface area contributed by atoms with E-state index < -0.39 is 12.1 Å². The van der Waals surface area contributed by atoms with Crippen LogP contribution in [0.1, 0.15) is 20.3 Å². The molecular weight excluding hydrogens is 286 g/mol. The Balaban J connectivity index is 2.60. The minimum atomic E-state index is -0.572. The minimum absolute atomic E-state index is 0.224. The van der Waals surface area contributed by atoms with Gasteiger partial charge in [-0.05, 0) is 24.6 Å². The summed E-state index contributed by atoms with van der Waals surface area (Å²) in [5.41, 5.74) is 0. The molecule has 0 saturated carbocycles. The molecule has 9 heteroatoms. The monoisotopic (exact) mass is 303 g/mol. The molecule has 19 heavy (non-hydrogen) atoms. The largest absolute Gasteiger partial charge is 0.357 e. The van der Waals surface area contributed by atoms with Crippen molar-refractivity contribution >= 4 is 40.6 Å². The number of nitrogens with zero attached hydrogens (tertiary/aromatic N) is 1. The molecule has 0 saturated heterocycles. The van der Waals surface area contributed by atoms with Crippen LogP contribution in [0.4, 0.5) is 9.93 Å². The Labute approximate surface area is 120 Å². The van der Waals surface area contributed by atoms with Gasteiger partial charge in [-0.25, -0.2) is 4.79 Å². The van der Waals surface area contributed by atoms with E-state index in [-0.39, 0.29) is 11.8 Å². The van der Waals surface area contributed by atoms with Crippen molar-refractivity contribution in [3.63, 3.8) is 0 Å². The lowest BCUT2D eigenvalue weighted by atomic mass is 10.0. The van der Waals surface area contributed by atoms with E-state index in [1.54, 1.807) is 0 Å². The van der Waals surface area contributed by atoms with Gasteiger partial charge >= 0.3 is 6.03 Å². The summed E-state index contributed by atoms with van der Waals surface area (Å²) in [6, 6.07) is -1.05. The molecule has 0 aliphatic rings. The summed E-state index contributed by atoms with van der Waals surface area (Å²) in [7, 11) is 1.54. The molecule has 4 N–H and O–H groups in total. The summed E-state index contributed by atoms with van der Waals surface area (Å²) >= 11 is 6.00. The van der Waals surface area contributed by atoms with Crippen LogP contribution in [0.2, 0.25) is 0 Å². The van der Waals surface area contributed by atoms with Gasteiger partial charge in [0.15, 0.2) is 3.95 Å². The smallest absolute Gasteiger partial charge is 0.321 e. The fraction of sp³-hybridized carbons (Fsp3) is 0.600. The van der Waals surface area contributed by atoms with Crippen LogP contribution in [0.5, 0.6) is 0 Å².